The van der Waals surface area contributed by atoms with Crippen molar-refractivity contribution in [2.24, 2.45) is 17.3 Å². The Morgan fingerprint density at radius 1 is 1.24 bits per heavy atom. The topological polar surface area (TPSA) is 34.0 Å². The number of nitrogens with one attached hydrogen (secondary N) is 1. The van der Waals surface area contributed by atoms with Crippen molar-refractivity contribution in [3.05, 3.63) is 41.0 Å². The second kappa shape index (κ2) is 8.33. The highest BCUT2D eigenvalue weighted by molar-refractivity contribution is 5.75. The van der Waals surface area contributed by atoms with E-state index in [0.717, 1.165) is 38.5 Å². The number of anilines is 1. The van der Waals surface area contributed by atoms with Gasteiger partial charge in [0.1, 0.15) is 12.0 Å². The van der Waals surface area contributed by atoms with Crippen molar-refractivity contribution in [2.45, 2.75) is 58.2 Å². The summed E-state index contributed by atoms with van der Waals surface area (Å²) in [7, 11) is 0. The second-order valence-electron chi connectivity index (χ2n) is 10.8. The number of carbonyl (C=O) groups is 1. The van der Waals surface area contributed by atoms with Gasteiger partial charge in [0.05, 0.1) is 38.3 Å². The molecule has 0 bridgehead atoms. The zero-order chi connectivity index (χ0) is 23.4. The van der Waals surface area contributed by atoms with Crippen LogP contribution < -0.4 is 9.80 Å². The molecule has 2 saturated heterocycles. The van der Waals surface area contributed by atoms with Crippen LogP contribution in [0, 0.1) is 17.3 Å². The minimum Gasteiger partial charge on any atom is -0.462 e. The van der Waals surface area contributed by atoms with E-state index in [4.69, 9.17) is 4.74 Å². The van der Waals surface area contributed by atoms with Crippen LogP contribution in [0.3, 0.4) is 0 Å². The Kier molecular flexibility index (Phi) is 5.74. The van der Waals surface area contributed by atoms with Gasteiger partial charge in [-0.3, -0.25) is 4.79 Å². The largest absolute Gasteiger partial charge is 0.462 e. The number of benzene rings is 1. The molecule has 7 heteroatoms. The van der Waals surface area contributed by atoms with Gasteiger partial charge in [-0.25, -0.2) is 0 Å². The molecule has 33 heavy (non-hydrogen) atoms. The first-order valence-corrected chi connectivity index (χ1v) is 12.3. The SMILES string of the molecule is CC1=C2C[C@H]3[C@@H](C[C@@]2(C)CCC1)OC(=O)[C@@H]3C[NH+]1CCN(c2cccc(C(F)(F)F)c2)CC1. The molecule has 0 unspecified atom stereocenters. The lowest BCUT2D eigenvalue weighted by Gasteiger charge is -2.45. The van der Waals surface area contributed by atoms with Crippen LogP contribution in [0.2, 0.25) is 0 Å². The molecule has 2 aliphatic carbocycles. The molecule has 1 aromatic rings. The van der Waals surface area contributed by atoms with Gasteiger partial charge in [0.2, 0.25) is 0 Å². The van der Waals surface area contributed by atoms with Crippen LogP contribution in [-0.4, -0.2) is 44.8 Å². The third-order valence-corrected chi connectivity index (χ3v) is 8.70. The van der Waals surface area contributed by atoms with E-state index >= 15 is 0 Å². The lowest BCUT2D eigenvalue weighted by Crippen LogP contribution is -3.15. The lowest BCUT2D eigenvalue weighted by molar-refractivity contribution is -0.903. The number of hydrogen-bond acceptors (Lipinski definition) is 3. The van der Waals surface area contributed by atoms with Crippen LogP contribution in [0.1, 0.15) is 51.5 Å². The maximum Gasteiger partial charge on any atom is 0.416 e. The molecule has 4 atom stereocenters. The Morgan fingerprint density at radius 3 is 2.73 bits per heavy atom. The summed E-state index contributed by atoms with van der Waals surface area (Å²) in [6.07, 6.45) is 1.22. The Hall–Kier alpha value is -2.02. The number of carbonyl (C=O) groups excluding carboxylic acids is 1. The van der Waals surface area contributed by atoms with E-state index in [1.54, 1.807) is 11.6 Å². The Balaban J connectivity index is 1.23. The highest BCUT2D eigenvalue weighted by Gasteiger charge is 2.54. The average Bonchev–Trinajstić information content (AvgIpc) is 3.06. The van der Waals surface area contributed by atoms with E-state index in [9.17, 15) is 18.0 Å². The number of halogens is 3. The van der Waals surface area contributed by atoms with E-state index in [-0.39, 0.29) is 29.3 Å². The first-order chi connectivity index (χ1) is 15.6. The number of allylic oxidation sites excluding steroid dienone is 2. The quantitative estimate of drug-likeness (QED) is 0.546. The highest BCUT2D eigenvalue weighted by Crippen LogP contribution is 2.54. The second-order valence-corrected chi connectivity index (χ2v) is 10.8. The van der Waals surface area contributed by atoms with E-state index in [1.807, 2.05) is 4.90 Å². The van der Waals surface area contributed by atoms with Crippen LogP contribution in [0.4, 0.5) is 18.9 Å². The molecular weight excluding hydrogens is 429 g/mol. The fourth-order valence-corrected chi connectivity index (χ4v) is 6.82. The highest BCUT2D eigenvalue weighted by atomic mass is 19.4. The molecule has 1 N–H and O–H groups in total. The van der Waals surface area contributed by atoms with Crippen LogP contribution >= 0.6 is 0 Å². The number of nitrogens with zero attached hydrogens (tertiary/aromatic N) is 1. The molecule has 180 valence electrons. The van der Waals surface area contributed by atoms with Gasteiger partial charge in [0, 0.05) is 11.6 Å². The molecule has 5 rings (SSSR count). The standard InChI is InChI=1S/C26H33F3N2O2/c1-17-5-4-8-25(2)15-23-20(14-22(17)25)21(24(32)33-23)16-30-9-11-31(12-10-30)19-7-3-6-18(13-19)26(27,28)29/h3,6-7,13,20-21,23H,4-5,8-12,14-16H2,1-2H3/p+1/t20-,21-,23-,25-/m1/s1. The van der Waals surface area contributed by atoms with Crippen molar-refractivity contribution >= 4 is 11.7 Å². The number of rotatable bonds is 3. The number of ether oxygens (including phenoxy) is 1. The zero-order valence-electron chi connectivity index (χ0n) is 19.5. The van der Waals surface area contributed by atoms with Crippen LogP contribution in [0.15, 0.2) is 35.4 Å². The van der Waals surface area contributed by atoms with Crippen molar-refractivity contribution < 1.29 is 27.6 Å². The zero-order valence-corrected chi connectivity index (χ0v) is 19.5. The molecule has 2 aliphatic heterocycles. The molecule has 2 heterocycles. The van der Waals surface area contributed by atoms with E-state index in [2.05, 4.69) is 13.8 Å². The Labute approximate surface area is 193 Å². The predicted molar refractivity (Wildman–Crippen MR) is 120 cm³/mol. The molecule has 3 fully saturated rings. The van der Waals surface area contributed by atoms with Gasteiger partial charge >= 0.3 is 12.1 Å². The molecule has 0 spiro atoms. The van der Waals surface area contributed by atoms with Gasteiger partial charge in [-0.15, -0.1) is 0 Å². The number of fused-ring (bicyclic) bond motifs is 2. The smallest absolute Gasteiger partial charge is 0.416 e. The monoisotopic (exact) mass is 463 g/mol. The third-order valence-electron chi connectivity index (χ3n) is 8.70. The number of hydrogen-bond donors (Lipinski definition) is 1. The van der Waals surface area contributed by atoms with Crippen molar-refractivity contribution in [3.8, 4) is 0 Å². The Bertz CT molecular complexity index is 951. The molecule has 4 aliphatic rings. The molecular formula is C26H34F3N2O2+. The average molecular weight is 464 g/mol. The third kappa shape index (κ3) is 4.29. The summed E-state index contributed by atoms with van der Waals surface area (Å²) >= 11 is 0. The minimum atomic E-state index is -4.33. The summed E-state index contributed by atoms with van der Waals surface area (Å²) in [5, 5.41) is 0. The van der Waals surface area contributed by atoms with Gasteiger partial charge < -0.3 is 14.5 Å². The van der Waals surface area contributed by atoms with Crippen LogP contribution in [0.5, 0.6) is 0 Å². The van der Waals surface area contributed by atoms with Crippen LogP contribution in [-0.2, 0) is 15.7 Å². The van der Waals surface area contributed by atoms with Gasteiger partial charge in [0.25, 0.3) is 0 Å². The van der Waals surface area contributed by atoms with Crippen LogP contribution in [0.25, 0.3) is 0 Å². The Morgan fingerprint density at radius 2 is 2.00 bits per heavy atom. The van der Waals surface area contributed by atoms with Gasteiger partial charge in [-0.1, -0.05) is 24.1 Å². The van der Waals surface area contributed by atoms with Crippen molar-refractivity contribution in [1.29, 1.82) is 0 Å². The van der Waals surface area contributed by atoms with Crippen molar-refractivity contribution in [2.75, 3.05) is 37.6 Å². The number of alkyl halides is 3. The molecule has 4 nitrogen and oxygen atoms in total. The fourth-order valence-electron chi connectivity index (χ4n) is 6.82. The summed E-state index contributed by atoms with van der Waals surface area (Å²) in [6.45, 7) is 8.38. The predicted octanol–water partition coefficient (Wildman–Crippen LogP) is 3.87. The first kappa shape index (κ1) is 22.8. The maximum atomic E-state index is 13.1. The number of quaternary nitrogens is 1. The number of esters is 1. The first-order valence-electron chi connectivity index (χ1n) is 12.3. The van der Waals surface area contributed by atoms with Gasteiger partial charge in [-0.2, -0.15) is 13.2 Å². The summed E-state index contributed by atoms with van der Waals surface area (Å²) in [6, 6.07) is 5.58. The number of piperazine rings is 1. The fraction of sp³-hybridized carbons (Fsp3) is 0.654. The molecule has 1 saturated carbocycles. The normalized spacial score (nSPS) is 33.1. The molecule has 0 amide bonds. The minimum absolute atomic E-state index is 0.0351. The molecule has 0 aromatic heterocycles. The summed E-state index contributed by atoms with van der Waals surface area (Å²) in [4.78, 5) is 16.2. The summed E-state index contributed by atoms with van der Waals surface area (Å²) < 4.78 is 45.1. The summed E-state index contributed by atoms with van der Waals surface area (Å²) in [5.74, 6) is 0.151. The molecule has 0 radical (unpaired) electrons. The van der Waals surface area contributed by atoms with Gasteiger partial charge in [-0.05, 0) is 62.6 Å². The summed E-state index contributed by atoms with van der Waals surface area (Å²) in [5.41, 5.74) is 3.29. The van der Waals surface area contributed by atoms with Crippen molar-refractivity contribution in [3.63, 3.8) is 0 Å². The lowest BCUT2D eigenvalue weighted by atomic mass is 9.59. The van der Waals surface area contributed by atoms with E-state index in [0.29, 0.717) is 18.8 Å². The van der Waals surface area contributed by atoms with E-state index < -0.39 is 11.7 Å². The van der Waals surface area contributed by atoms with Crippen molar-refractivity contribution in [1.82, 2.24) is 0 Å². The van der Waals surface area contributed by atoms with E-state index in [1.165, 1.54) is 41.9 Å². The van der Waals surface area contributed by atoms with Gasteiger partial charge in [0.15, 0.2) is 0 Å². The molecule has 1 aromatic carbocycles. The maximum absolute atomic E-state index is 13.1.